The van der Waals surface area contributed by atoms with Gasteiger partial charge in [0.05, 0.1) is 0 Å². The molecule has 1 saturated heterocycles. The molecule has 3 aromatic rings. The van der Waals surface area contributed by atoms with E-state index < -0.39 is 41.5 Å². The molecule has 1 fully saturated rings. The molecule has 1 aliphatic rings. The molecule has 1 heterocycles. The predicted molar refractivity (Wildman–Crippen MR) is 145 cm³/mol. The molecule has 1 N–H and O–H groups in total. The molecular weight excluding hydrogens is 527 g/mol. The summed E-state index contributed by atoms with van der Waals surface area (Å²) in [4.78, 5) is 40.1. The lowest BCUT2D eigenvalue weighted by Crippen LogP contribution is -2.72. The molecule has 4 rings (SSSR count). The highest BCUT2D eigenvalue weighted by molar-refractivity contribution is 6.27. The van der Waals surface area contributed by atoms with Gasteiger partial charge in [-0.05, 0) is 28.8 Å². The van der Waals surface area contributed by atoms with E-state index >= 15 is 0 Å². The van der Waals surface area contributed by atoms with Gasteiger partial charge < -0.3 is 19.7 Å². The Morgan fingerprint density at radius 1 is 0.921 bits per heavy atom. The number of esters is 1. The first-order valence-corrected chi connectivity index (χ1v) is 12.8. The number of benzene rings is 3. The molecule has 0 saturated carbocycles. The molecule has 196 valence electrons. The van der Waals surface area contributed by atoms with E-state index in [4.69, 9.17) is 32.7 Å². The maximum Gasteiger partial charge on any atom is 0.334 e. The molecule has 7 nitrogen and oxygen atoms in total. The van der Waals surface area contributed by atoms with Crippen LogP contribution in [-0.4, -0.2) is 52.8 Å². The molecule has 38 heavy (non-hydrogen) atoms. The van der Waals surface area contributed by atoms with Gasteiger partial charge in [0.25, 0.3) is 11.8 Å². The summed E-state index contributed by atoms with van der Waals surface area (Å²) in [7, 11) is 0. The summed E-state index contributed by atoms with van der Waals surface area (Å²) >= 11 is 12.5. The van der Waals surface area contributed by atoms with Crippen LogP contribution in [-0.2, 0) is 19.1 Å². The van der Waals surface area contributed by atoms with E-state index in [1.54, 1.807) is 24.3 Å². The highest BCUT2D eigenvalue weighted by Gasteiger charge is 2.53. The fourth-order valence-electron chi connectivity index (χ4n) is 4.07. The number of nitrogens with one attached hydrogen (secondary N) is 1. The number of amides is 2. The molecule has 0 aliphatic carbocycles. The number of hydrogen-bond donors (Lipinski definition) is 1. The molecule has 9 heteroatoms. The van der Waals surface area contributed by atoms with Crippen LogP contribution in [0.1, 0.15) is 17.2 Å². The van der Waals surface area contributed by atoms with Gasteiger partial charge in [-0.2, -0.15) is 0 Å². The Kier molecular flexibility index (Phi) is 9.05. The van der Waals surface area contributed by atoms with Crippen molar-refractivity contribution >= 4 is 41.0 Å². The number of β-lactam (4-membered cyclic amide) rings is 1. The molecule has 2 amide bonds. The lowest BCUT2D eigenvalue weighted by atomic mass is 9.98. The lowest BCUT2D eigenvalue weighted by molar-refractivity contribution is -0.165. The topological polar surface area (TPSA) is 84.9 Å². The van der Waals surface area contributed by atoms with Crippen LogP contribution in [0.5, 0.6) is 5.75 Å². The Labute approximate surface area is 230 Å². The summed E-state index contributed by atoms with van der Waals surface area (Å²) in [5, 5.41) is 2.56. The number of rotatable bonds is 11. The van der Waals surface area contributed by atoms with Gasteiger partial charge in [-0.15, -0.1) is 11.6 Å². The second kappa shape index (κ2) is 12.6. The number of carbonyl (C=O) groups is 3. The second-order valence-corrected chi connectivity index (χ2v) is 9.31. The molecule has 1 aliphatic heterocycles. The van der Waals surface area contributed by atoms with E-state index in [1.807, 2.05) is 66.7 Å². The average molecular weight is 553 g/mol. The van der Waals surface area contributed by atoms with Crippen LogP contribution in [0.4, 0.5) is 0 Å². The Morgan fingerprint density at radius 3 is 1.95 bits per heavy atom. The number of likely N-dealkylation sites (tertiary alicyclic amines) is 1. The number of para-hydroxylation sites is 1. The monoisotopic (exact) mass is 552 g/mol. The summed E-state index contributed by atoms with van der Waals surface area (Å²) in [5.74, 6) is -1.40. The van der Waals surface area contributed by atoms with Gasteiger partial charge in [0.2, 0.25) is 0 Å². The van der Waals surface area contributed by atoms with Crippen molar-refractivity contribution in [3.63, 3.8) is 0 Å². The van der Waals surface area contributed by atoms with E-state index in [0.29, 0.717) is 5.75 Å². The predicted octanol–water partition coefficient (Wildman–Crippen LogP) is 4.45. The number of halogens is 2. The fraction of sp³-hybridized carbons (Fsp3) is 0.207. The van der Waals surface area contributed by atoms with Crippen LogP contribution in [0.3, 0.4) is 0 Å². The van der Waals surface area contributed by atoms with Crippen molar-refractivity contribution < 1.29 is 23.9 Å². The first-order chi connectivity index (χ1) is 18.4. The summed E-state index contributed by atoms with van der Waals surface area (Å²) < 4.78 is 11.4. The largest absolute Gasteiger partial charge is 0.484 e. The lowest BCUT2D eigenvalue weighted by Gasteiger charge is -2.47. The Bertz CT molecular complexity index is 1230. The maximum absolute atomic E-state index is 13.5. The average Bonchev–Trinajstić information content (AvgIpc) is 2.97. The highest BCUT2D eigenvalue weighted by atomic mass is 35.5. The first kappa shape index (κ1) is 27.2. The molecule has 0 radical (unpaired) electrons. The van der Waals surface area contributed by atoms with E-state index in [0.717, 1.165) is 16.0 Å². The third-order valence-corrected chi connectivity index (χ3v) is 6.79. The zero-order valence-electron chi connectivity index (χ0n) is 20.3. The molecule has 3 aromatic carbocycles. The molecule has 3 atom stereocenters. The molecular formula is C29H26Cl2N2O5. The van der Waals surface area contributed by atoms with E-state index in [9.17, 15) is 14.4 Å². The van der Waals surface area contributed by atoms with Crippen LogP contribution < -0.4 is 10.1 Å². The molecule has 3 unspecified atom stereocenters. The number of carbonyl (C=O) groups excluding carboxylic acids is 3. The van der Waals surface area contributed by atoms with E-state index in [-0.39, 0.29) is 18.1 Å². The van der Waals surface area contributed by atoms with Gasteiger partial charge >= 0.3 is 5.97 Å². The Balaban J connectivity index is 1.46. The van der Waals surface area contributed by atoms with Crippen LogP contribution in [0.25, 0.3) is 0 Å². The van der Waals surface area contributed by atoms with Crippen molar-refractivity contribution in [2.24, 2.45) is 0 Å². The first-order valence-electron chi connectivity index (χ1n) is 11.9. The zero-order chi connectivity index (χ0) is 27.1. The van der Waals surface area contributed by atoms with Gasteiger partial charge in [-0.1, -0.05) is 97.0 Å². The third-order valence-electron chi connectivity index (χ3n) is 5.99. The minimum Gasteiger partial charge on any atom is -0.484 e. The second-order valence-electron chi connectivity index (χ2n) is 8.60. The van der Waals surface area contributed by atoms with Crippen molar-refractivity contribution in [3.8, 4) is 5.75 Å². The number of alkyl halides is 2. The zero-order valence-corrected chi connectivity index (χ0v) is 21.8. The minimum atomic E-state index is -1.23. The third kappa shape index (κ3) is 6.18. The SMILES string of the molecule is C=C(CCl)C(C(=O)OC(c1ccccc1)c1ccccc1)N1C(=O)C(NC(=O)COc2ccccc2)C1Cl. The van der Waals surface area contributed by atoms with Crippen molar-refractivity contribution in [2.75, 3.05) is 12.5 Å². The van der Waals surface area contributed by atoms with E-state index in [1.165, 1.54) is 0 Å². The fourth-order valence-corrected chi connectivity index (χ4v) is 4.60. The van der Waals surface area contributed by atoms with Gasteiger partial charge in [0, 0.05) is 5.88 Å². The van der Waals surface area contributed by atoms with Gasteiger partial charge in [-0.25, -0.2) is 4.79 Å². The quantitative estimate of drug-likeness (QED) is 0.125. The van der Waals surface area contributed by atoms with Crippen molar-refractivity contribution in [3.05, 3.63) is 114 Å². The Morgan fingerprint density at radius 2 is 1.45 bits per heavy atom. The summed E-state index contributed by atoms with van der Waals surface area (Å²) in [6.45, 7) is 3.58. The number of ether oxygens (including phenoxy) is 2. The molecule has 0 bridgehead atoms. The van der Waals surface area contributed by atoms with Crippen molar-refractivity contribution in [1.82, 2.24) is 10.2 Å². The van der Waals surface area contributed by atoms with Gasteiger partial charge in [0.15, 0.2) is 18.8 Å². The molecule has 0 aromatic heterocycles. The smallest absolute Gasteiger partial charge is 0.334 e. The highest BCUT2D eigenvalue weighted by Crippen LogP contribution is 2.33. The Hall–Kier alpha value is -3.81. The van der Waals surface area contributed by atoms with Crippen LogP contribution in [0.15, 0.2) is 103 Å². The summed E-state index contributed by atoms with van der Waals surface area (Å²) in [6, 6.07) is 25.0. The maximum atomic E-state index is 13.5. The minimum absolute atomic E-state index is 0.101. The standard InChI is InChI=1S/C29H26Cl2N2O5/c1-19(17-30)25(29(36)38-26(20-11-5-2-6-12-20)21-13-7-3-8-14-21)33-27(31)24(28(33)35)32-23(34)18-37-22-15-9-4-10-16-22/h2-16,24-27H,1,17-18H2,(H,32,34). The van der Waals surface area contributed by atoms with Gasteiger partial charge in [0.1, 0.15) is 17.3 Å². The van der Waals surface area contributed by atoms with Crippen LogP contribution in [0, 0.1) is 0 Å². The van der Waals surface area contributed by atoms with Crippen molar-refractivity contribution in [2.45, 2.75) is 23.7 Å². The summed E-state index contributed by atoms with van der Waals surface area (Å²) in [6.07, 6.45) is -0.730. The van der Waals surface area contributed by atoms with Gasteiger partial charge in [-0.3, -0.25) is 9.59 Å². The van der Waals surface area contributed by atoms with E-state index in [2.05, 4.69) is 11.9 Å². The molecule has 0 spiro atoms. The van der Waals surface area contributed by atoms with Crippen LogP contribution >= 0.6 is 23.2 Å². The number of nitrogens with zero attached hydrogens (tertiary/aromatic N) is 1. The van der Waals surface area contributed by atoms with Crippen molar-refractivity contribution in [1.29, 1.82) is 0 Å². The summed E-state index contributed by atoms with van der Waals surface area (Å²) in [5.41, 5.74) is 0.728. The van der Waals surface area contributed by atoms with Crippen LogP contribution in [0.2, 0.25) is 0 Å². The normalized spacial score (nSPS) is 17.3. The number of hydrogen-bond acceptors (Lipinski definition) is 5.